The SMILES string of the molecule is CCn1nccc1C(O)N[C@H](c1cn2nc(CC3C[C@@H](C(F)(F)F)NC3=O)ccc2n1)C1CCC(F)(F)CC1. The van der Waals surface area contributed by atoms with Crippen LogP contribution in [0.4, 0.5) is 22.0 Å². The van der Waals surface area contributed by atoms with Crippen molar-refractivity contribution < 1.29 is 31.9 Å². The van der Waals surface area contributed by atoms with Gasteiger partial charge in [0.25, 0.3) is 0 Å². The maximum Gasteiger partial charge on any atom is 0.408 e. The first kappa shape index (κ1) is 27.4. The molecule has 2 fully saturated rings. The van der Waals surface area contributed by atoms with Gasteiger partial charge in [-0.3, -0.25) is 14.8 Å². The van der Waals surface area contributed by atoms with Gasteiger partial charge in [-0.25, -0.2) is 18.3 Å². The maximum absolute atomic E-state index is 13.9. The van der Waals surface area contributed by atoms with E-state index in [1.165, 1.54) is 4.52 Å². The summed E-state index contributed by atoms with van der Waals surface area (Å²) in [5.41, 5.74) is 1.88. The molecule has 3 N–H and O–H groups in total. The lowest BCUT2D eigenvalue weighted by Gasteiger charge is -2.34. The molecule has 1 amide bonds. The van der Waals surface area contributed by atoms with Crippen molar-refractivity contribution in [1.29, 1.82) is 0 Å². The van der Waals surface area contributed by atoms with E-state index < -0.39 is 42.2 Å². The fraction of sp³-hybridized carbons (Fsp3) is 0.600. The second-order valence-corrected chi connectivity index (χ2v) is 10.3. The highest BCUT2D eigenvalue weighted by atomic mass is 19.4. The van der Waals surface area contributed by atoms with Gasteiger partial charge in [-0.1, -0.05) is 0 Å². The molecule has 212 valence electrons. The number of nitrogens with one attached hydrogen (secondary N) is 2. The number of rotatable bonds is 8. The smallest absolute Gasteiger partial charge is 0.373 e. The van der Waals surface area contributed by atoms with Crippen molar-refractivity contribution >= 4 is 11.6 Å². The molecule has 2 unspecified atom stereocenters. The predicted molar refractivity (Wildman–Crippen MR) is 128 cm³/mol. The summed E-state index contributed by atoms with van der Waals surface area (Å²) in [6.45, 7) is 2.42. The van der Waals surface area contributed by atoms with Crippen LogP contribution in [0.2, 0.25) is 0 Å². The van der Waals surface area contributed by atoms with Gasteiger partial charge >= 0.3 is 6.18 Å². The average Bonchev–Trinajstić information content (AvgIpc) is 3.60. The number of hydrogen-bond donors (Lipinski definition) is 3. The van der Waals surface area contributed by atoms with Gasteiger partial charge < -0.3 is 10.4 Å². The van der Waals surface area contributed by atoms with E-state index in [4.69, 9.17) is 0 Å². The summed E-state index contributed by atoms with van der Waals surface area (Å²) in [5, 5.41) is 24.8. The molecule has 1 aliphatic heterocycles. The normalized spacial score (nSPS) is 23.7. The van der Waals surface area contributed by atoms with Gasteiger partial charge in [0.1, 0.15) is 12.3 Å². The van der Waals surface area contributed by atoms with Crippen LogP contribution < -0.4 is 10.6 Å². The Bertz CT molecular complexity index is 1310. The van der Waals surface area contributed by atoms with Crippen molar-refractivity contribution in [2.45, 2.75) is 82.4 Å². The maximum atomic E-state index is 13.9. The van der Waals surface area contributed by atoms with Gasteiger partial charge in [-0.05, 0) is 50.3 Å². The van der Waals surface area contributed by atoms with Crippen molar-refractivity contribution in [2.24, 2.45) is 11.8 Å². The lowest BCUT2D eigenvalue weighted by Crippen LogP contribution is -2.38. The number of fused-ring (bicyclic) bond motifs is 1. The van der Waals surface area contributed by atoms with E-state index in [0.29, 0.717) is 29.3 Å². The summed E-state index contributed by atoms with van der Waals surface area (Å²) < 4.78 is 70.1. The summed E-state index contributed by atoms with van der Waals surface area (Å²) in [7, 11) is 0. The van der Waals surface area contributed by atoms with Crippen LogP contribution in [0.5, 0.6) is 0 Å². The summed E-state index contributed by atoms with van der Waals surface area (Å²) in [6, 6.07) is 2.48. The van der Waals surface area contributed by atoms with Gasteiger partial charge in [0.2, 0.25) is 11.8 Å². The molecule has 39 heavy (non-hydrogen) atoms. The molecule has 5 rings (SSSR count). The molecule has 4 atom stereocenters. The molecule has 3 aromatic heterocycles. The van der Waals surface area contributed by atoms with Crippen molar-refractivity contribution in [2.75, 3.05) is 0 Å². The Labute approximate surface area is 220 Å². The van der Waals surface area contributed by atoms with E-state index in [1.54, 1.807) is 35.3 Å². The second kappa shape index (κ2) is 10.5. The summed E-state index contributed by atoms with van der Waals surface area (Å²) in [6.07, 6.45) is -2.85. The van der Waals surface area contributed by atoms with Crippen LogP contribution in [0, 0.1) is 11.8 Å². The predicted octanol–water partition coefficient (Wildman–Crippen LogP) is 3.70. The topological polar surface area (TPSA) is 109 Å². The number of imidazole rings is 1. The Morgan fingerprint density at radius 3 is 2.64 bits per heavy atom. The Morgan fingerprint density at radius 2 is 1.97 bits per heavy atom. The van der Waals surface area contributed by atoms with E-state index in [0.717, 1.165) is 0 Å². The molecule has 1 saturated heterocycles. The summed E-state index contributed by atoms with van der Waals surface area (Å²) in [5.74, 6) is -4.48. The molecule has 0 radical (unpaired) electrons. The summed E-state index contributed by atoms with van der Waals surface area (Å²) in [4.78, 5) is 16.7. The first-order chi connectivity index (χ1) is 18.4. The molecule has 14 heteroatoms. The van der Waals surface area contributed by atoms with Crippen LogP contribution in [-0.4, -0.2) is 53.5 Å². The zero-order valence-electron chi connectivity index (χ0n) is 21.2. The monoisotopic (exact) mass is 555 g/mol. The number of alkyl halides is 5. The van der Waals surface area contributed by atoms with Crippen LogP contribution >= 0.6 is 0 Å². The Balaban J connectivity index is 1.38. The van der Waals surface area contributed by atoms with Gasteiger partial charge in [0.05, 0.1) is 29.3 Å². The highest BCUT2D eigenvalue weighted by molar-refractivity contribution is 5.81. The van der Waals surface area contributed by atoms with Crippen molar-refractivity contribution in [3.63, 3.8) is 0 Å². The van der Waals surface area contributed by atoms with E-state index in [-0.39, 0.29) is 44.4 Å². The van der Waals surface area contributed by atoms with Crippen LogP contribution in [-0.2, 0) is 17.8 Å². The lowest BCUT2D eigenvalue weighted by atomic mass is 9.81. The van der Waals surface area contributed by atoms with Crippen LogP contribution in [0.25, 0.3) is 5.65 Å². The molecule has 4 heterocycles. The van der Waals surface area contributed by atoms with Gasteiger partial charge in [-0.2, -0.15) is 23.4 Å². The quantitative estimate of drug-likeness (QED) is 0.289. The molecule has 1 saturated carbocycles. The van der Waals surface area contributed by atoms with E-state index in [1.807, 2.05) is 12.2 Å². The van der Waals surface area contributed by atoms with E-state index in [9.17, 15) is 31.9 Å². The number of aromatic nitrogens is 5. The molecule has 0 aromatic carbocycles. The second-order valence-electron chi connectivity index (χ2n) is 10.3. The molecule has 1 aliphatic carbocycles. The van der Waals surface area contributed by atoms with Crippen LogP contribution in [0.1, 0.15) is 68.4 Å². The fourth-order valence-corrected chi connectivity index (χ4v) is 5.54. The zero-order valence-corrected chi connectivity index (χ0v) is 21.2. The molecule has 3 aromatic rings. The minimum Gasteiger partial charge on any atom is -0.373 e. The number of nitrogens with zero attached hydrogens (tertiary/aromatic N) is 5. The number of carbonyl (C=O) groups excluding carboxylic acids is 1. The molecule has 0 bridgehead atoms. The fourth-order valence-electron chi connectivity index (χ4n) is 5.54. The van der Waals surface area contributed by atoms with Gasteiger partial charge in [-0.15, -0.1) is 0 Å². The number of aliphatic hydroxyl groups is 1. The number of hydrogen-bond acceptors (Lipinski definition) is 6. The molecule has 0 spiro atoms. The van der Waals surface area contributed by atoms with E-state index in [2.05, 4.69) is 20.5 Å². The zero-order chi connectivity index (χ0) is 27.9. The Morgan fingerprint density at radius 1 is 1.23 bits per heavy atom. The van der Waals surface area contributed by atoms with Gasteiger partial charge in [0, 0.05) is 37.9 Å². The number of aryl methyl sites for hydroxylation is 1. The Kier molecular flexibility index (Phi) is 7.35. The van der Waals surface area contributed by atoms with Crippen molar-refractivity contribution in [1.82, 2.24) is 35.0 Å². The third kappa shape index (κ3) is 5.91. The molecular weight excluding hydrogens is 525 g/mol. The number of aliphatic hydroxyl groups excluding tert-OH is 1. The number of amides is 1. The minimum absolute atomic E-state index is 0.0287. The number of carbonyl (C=O) groups is 1. The van der Waals surface area contributed by atoms with Crippen molar-refractivity contribution in [3.8, 4) is 0 Å². The molecular formula is C25H30F5N7O2. The average molecular weight is 556 g/mol. The first-order valence-electron chi connectivity index (χ1n) is 13.0. The highest BCUT2D eigenvalue weighted by Gasteiger charge is 2.47. The highest BCUT2D eigenvalue weighted by Crippen LogP contribution is 2.42. The first-order valence-corrected chi connectivity index (χ1v) is 13.0. The lowest BCUT2D eigenvalue weighted by molar-refractivity contribution is -0.154. The van der Waals surface area contributed by atoms with Gasteiger partial charge in [0.15, 0.2) is 5.65 Å². The third-order valence-corrected chi connectivity index (χ3v) is 7.67. The van der Waals surface area contributed by atoms with Crippen LogP contribution in [0.15, 0.2) is 30.6 Å². The van der Waals surface area contributed by atoms with Crippen LogP contribution in [0.3, 0.4) is 0 Å². The number of halogens is 5. The van der Waals surface area contributed by atoms with E-state index >= 15 is 0 Å². The molecule has 9 nitrogen and oxygen atoms in total. The van der Waals surface area contributed by atoms with Crippen molar-refractivity contribution in [3.05, 3.63) is 47.7 Å². The third-order valence-electron chi connectivity index (χ3n) is 7.67. The minimum atomic E-state index is -4.51. The Hall–Kier alpha value is -3.13. The summed E-state index contributed by atoms with van der Waals surface area (Å²) >= 11 is 0. The molecule has 2 aliphatic rings. The standard InChI is InChI=1S/C25H30F5N7O2/c1-2-36-18(7-10-31-36)23(39)34-21(14-5-8-24(26,27)9-6-14)17-13-37-20(32-17)4-3-16(35-37)11-15-12-19(25(28,29)30)33-22(15)38/h3-4,7,10,13-15,19,21,23,34,39H,2,5-6,8-9,11-12H2,1H3,(H,33,38)/t15?,19-,21-,23?/m0/s1. The largest absolute Gasteiger partial charge is 0.408 e.